The first-order chi connectivity index (χ1) is 11.9. The smallest absolute Gasteiger partial charge is 0.226 e. The second kappa shape index (κ2) is 6.39. The summed E-state index contributed by atoms with van der Waals surface area (Å²) >= 11 is 0. The topological polar surface area (TPSA) is 32.3 Å². The zero-order chi connectivity index (χ0) is 17.6. The van der Waals surface area contributed by atoms with Gasteiger partial charge in [-0.15, -0.1) is 0 Å². The van der Waals surface area contributed by atoms with Crippen molar-refractivity contribution < 1.29 is 9.18 Å². The summed E-state index contributed by atoms with van der Waals surface area (Å²) in [7, 11) is 3.86. The number of amides is 1. The predicted octanol–water partition coefficient (Wildman–Crippen LogP) is 3.72. The number of hydrogen-bond acceptors (Lipinski definition) is 2. The summed E-state index contributed by atoms with van der Waals surface area (Å²) in [6.07, 6.45) is 7.29. The van der Waals surface area contributed by atoms with Crippen LogP contribution in [0.5, 0.6) is 0 Å². The lowest BCUT2D eigenvalue weighted by Gasteiger charge is -2.55. The van der Waals surface area contributed by atoms with Crippen molar-refractivity contribution >= 4 is 5.91 Å². The number of benzene rings is 1. The van der Waals surface area contributed by atoms with Crippen molar-refractivity contribution in [3.05, 3.63) is 35.1 Å². The van der Waals surface area contributed by atoms with Crippen molar-refractivity contribution in [1.82, 2.24) is 10.2 Å². The van der Waals surface area contributed by atoms with Gasteiger partial charge >= 0.3 is 0 Å². The lowest BCUT2D eigenvalue weighted by atomic mass is 9.49. The summed E-state index contributed by atoms with van der Waals surface area (Å²) in [5, 5.41) is 3.18. The molecule has 4 fully saturated rings. The van der Waals surface area contributed by atoms with E-state index in [2.05, 4.69) is 5.32 Å². The van der Waals surface area contributed by atoms with Gasteiger partial charge in [-0.05, 0) is 88.1 Å². The average molecular weight is 344 g/mol. The number of nitrogens with zero attached hydrogens (tertiary/aromatic N) is 1. The molecule has 1 amide bonds. The SMILES string of the molecule is CN(C)Cc1cc(CNC(=O)C23CC4CC(CC(C4)C2)C3)ccc1F. The van der Waals surface area contributed by atoms with E-state index in [-0.39, 0.29) is 17.1 Å². The molecule has 0 aliphatic heterocycles. The van der Waals surface area contributed by atoms with Crippen LogP contribution in [0.3, 0.4) is 0 Å². The normalized spacial score (nSPS) is 33.0. The standard InChI is InChI=1S/C21H29FN2O/c1-24(2)13-18-8-14(3-4-19(18)22)12-23-20(25)21-9-15-5-16(10-21)7-17(6-15)11-21/h3-4,8,15-17H,5-7,9-13H2,1-2H3,(H,23,25). The summed E-state index contributed by atoms with van der Waals surface area (Å²) in [5.41, 5.74) is 1.56. The van der Waals surface area contributed by atoms with Crippen molar-refractivity contribution in [3.63, 3.8) is 0 Å². The number of halogens is 1. The van der Waals surface area contributed by atoms with E-state index in [4.69, 9.17) is 0 Å². The van der Waals surface area contributed by atoms with Crippen molar-refractivity contribution in [2.75, 3.05) is 14.1 Å². The quantitative estimate of drug-likeness (QED) is 0.883. The van der Waals surface area contributed by atoms with Gasteiger partial charge in [0.1, 0.15) is 5.82 Å². The van der Waals surface area contributed by atoms with E-state index in [0.717, 1.165) is 42.6 Å². The van der Waals surface area contributed by atoms with Gasteiger partial charge < -0.3 is 10.2 Å². The number of nitrogens with one attached hydrogen (secondary N) is 1. The molecule has 4 heteroatoms. The van der Waals surface area contributed by atoms with Gasteiger partial charge in [0.15, 0.2) is 0 Å². The third-order valence-electron chi connectivity index (χ3n) is 6.57. The second-order valence-electron chi connectivity index (χ2n) is 9.04. The molecule has 1 N–H and O–H groups in total. The van der Waals surface area contributed by atoms with E-state index < -0.39 is 0 Å². The number of hydrogen-bond donors (Lipinski definition) is 1. The van der Waals surface area contributed by atoms with Crippen molar-refractivity contribution in [2.24, 2.45) is 23.2 Å². The Morgan fingerprint density at radius 3 is 2.32 bits per heavy atom. The van der Waals surface area contributed by atoms with Crippen molar-refractivity contribution in [2.45, 2.75) is 51.6 Å². The van der Waals surface area contributed by atoms with Crippen molar-refractivity contribution in [1.29, 1.82) is 0 Å². The molecular formula is C21H29FN2O. The van der Waals surface area contributed by atoms with Gasteiger partial charge in [-0.2, -0.15) is 0 Å². The third-order valence-corrected chi connectivity index (χ3v) is 6.57. The van der Waals surface area contributed by atoms with E-state index in [1.54, 1.807) is 6.07 Å². The summed E-state index contributed by atoms with van der Waals surface area (Å²) in [6.45, 7) is 1.07. The van der Waals surface area contributed by atoms with Crippen LogP contribution in [-0.2, 0) is 17.9 Å². The molecule has 5 rings (SSSR count). The van der Waals surface area contributed by atoms with Gasteiger partial charge in [-0.3, -0.25) is 4.79 Å². The molecule has 0 saturated heterocycles. The Balaban J connectivity index is 1.42. The van der Waals surface area contributed by atoms with E-state index in [1.807, 2.05) is 25.1 Å². The Hall–Kier alpha value is -1.42. The summed E-state index contributed by atoms with van der Waals surface area (Å²) in [6, 6.07) is 5.19. The fourth-order valence-electron chi connectivity index (χ4n) is 5.96. The summed E-state index contributed by atoms with van der Waals surface area (Å²) in [4.78, 5) is 15.0. The molecule has 25 heavy (non-hydrogen) atoms. The molecule has 0 unspecified atom stereocenters. The van der Waals surface area contributed by atoms with Crippen LogP contribution in [0.15, 0.2) is 18.2 Å². The van der Waals surface area contributed by atoms with E-state index in [1.165, 1.54) is 25.3 Å². The highest BCUT2D eigenvalue weighted by Crippen LogP contribution is 2.60. The first-order valence-corrected chi connectivity index (χ1v) is 9.64. The lowest BCUT2D eigenvalue weighted by molar-refractivity contribution is -0.146. The number of carbonyl (C=O) groups excluding carboxylic acids is 1. The van der Waals surface area contributed by atoms with Gasteiger partial charge in [0.2, 0.25) is 5.91 Å². The molecule has 1 aromatic carbocycles. The highest BCUT2D eigenvalue weighted by molar-refractivity contribution is 5.83. The Bertz CT molecular complexity index is 635. The molecule has 0 atom stereocenters. The Labute approximate surface area is 150 Å². The maximum Gasteiger partial charge on any atom is 0.226 e. The Kier molecular flexibility index (Phi) is 4.35. The highest BCUT2D eigenvalue weighted by atomic mass is 19.1. The maximum atomic E-state index is 13.9. The highest BCUT2D eigenvalue weighted by Gasteiger charge is 2.54. The minimum atomic E-state index is -0.176. The molecule has 4 saturated carbocycles. The molecule has 4 aliphatic carbocycles. The first kappa shape index (κ1) is 17.0. The van der Waals surface area contributed by atoms with Gasteiger partial charge in [0, 0.05) is 24.1 Å². The van der Waals surface area contributed by atoms with Crippen LogP contribution in [0.2, 0.25) is 0 Å². The average Bonchev–Trinajstić information content (AvgIpc) is 2.53. The third kappa shape index (κ3) is 3.33. The van der Waals surface area contributed by atoms with E-state index in [9.17, 15) is 9.18 Å². The molecule has 0 heterocycles. The second-order valence-corrected chi connectivity index (χ2v) is 9.04. The van der Waals surface area contributed by atoms with Crippen LogP contribution in [0.1, 0.15) is 49.7 Å². The van der Waals surface area contributed by atoms with Crippen molar-refractivity contribution in [3.8, 4) is 0 Å². The zero-order valence-corrected chi connectivity index (χ0v) is 15.4. The first-order valence-electron chi connectivity index (χ1n) is 9.64. The monoisotopic (exact) mass is 344 g/mol. The van der Waals surface area contributed by atoms with Gasteiger partial charge in [-0.1, -0.05) is 6.07 Å². The molecular weight excluding hydrogens is 315 g/mol. The summed E-state index contributed by atoms with van der Waals surface area (Å²) in [5.74, 6) is 2.38. The zero-order valence-electron chi connectivity index (χ0n) is 15.4. The molecule has 4 aliphatic rings. The molecule has 0 radical (unpaired) electrons. The molecule has 3 nitrogen and oxygen atoms in total. The molecule has 0 aromatic heterocycles. The minimum absolute atomic E-state index is 0.110. The van der Waals surface area contributed by atoms with Crippen LogP contribution in [0.4, 0.5) is 4.39 Å². The Morgan fingerprint density at radius 2 is 1.76 bits per heavy atom. The van der Waals surface area contributed by atoms with Crippen LogP contribution in [0, 0.1) is 29.0 Å². The van der Waals surface area contributed by atoms with Crippen LogP contribution in [-0.4, -0.2) is 24.9 Å². The molecule has 0 spiro atoms. The largest absolute Gasteiger partial charge is 0.352 e. The van der Waals surface area contributed by atoms with Gasteiger partial charge in [-0.25, -0.2) is 4.39 Å². The van der Waals surface area contributed by atoms with Gasteiger partial charge in [0.05, 0.1) is 0 Å². The van der Waals surface area contributed by atoms with E-state index in [0.29, 0.717) is 18.7 Å². The lowest BCUT2D eigenvalue weighted by Crippen LogP contribution is -2.53. The number of carbonyl (C=O) groups is 1. The van der Waals surface area contributed by atoms with Crippen LogP contribution < -0.4 is 5.32 Å². The predicted molar refractivity (Wildman–Crippen MR) is 96.2 cm³/mol. The van der Waals surface area contributed by atoms with Gasteiger partial charge in [0.25, 0.3) is 0 Å². The molecule has 1 aromatic rings. The van der Waals surface area contributed by atoms with Crippen LogP contribution in [0.25, 0.3) is 0 Å². The maximum absolute atomic E-state index is 13.9. The fraction of sp³-hybridized carbons (Fsp3) is 0.667. The number of rotatable bonds is 5. The van der Waals surface area contributed by atoms with E-state index >= 15 is 0 Å². The van der Waals surface area contributed by atoms with Crippen LogP contribution >= 0.6 is 0 Å². The Morgan fingerprint density at radius 1 is 1.16 bits per heavy atom. The molecule has 136 valence electrons. The summed E-state index contributed by atoms with van der Waals surface area (Å²) < 4.78 is 13.9. The molecule has 4 bridgehead atoms. The minimum Gasteiger partial charge on any atom is -0.352 e. The fourth-order valence-corrected chi connectivity index (χ4v) is 5.96.